The number of imidazole rings is 1. The van der Waals surface area contributed by atoms with Gasteiger partial charge in [-0.3, -0.25) is 0 Å². The van der Waals surface area contributed by atoms with Crippen molar-refractivity contribution in [3.05, 3.63) is 76.5 Å². The molecule has 0 radical (unpaired) electrons. The lowest BCUT2D eigenvalue weighted by molar-refractivity contribution is 0.485. The number of aromatic nitrogens is 2. The number of hydrogen-bond acceptors (Lipinski definition) is 3. The second-order valence-electron chi connectivity index (χ2n) is 6.69. The molecule has 0 bridgehead atoms. The third-order valence-electron chi connectivity index (χ3n) is 4.63. The molecule has 0 aliphatic rings. The first-order valence-corrected chi connectivity index (χ1v) is 10.7. The maximum atomic E-state index is 4.82. The molecule has 0 saturated carbocycles. The highest BCUT2D eigenvalue weighted by atomic mass is 32.1. The molecule has 0 amide bonds. The van der Waals surface area contributed by atoms with Crippen LogP contribution in [-0.2, 0) is 25.9 Å². The Morgan fingerprint density at radius 1 is 1.18 bits per heavy atom. The number of aryl methyl sites for hydroxylation is 2. The van der Waals surface area contributed by atoms with Crippen LogP contribution in [0.15, 0.2) is 65.2 Å². The summed E-state index contributed by atoms with van der Waals surface area (Å²) in [5.74, 6) is 1.93. The molecule has 0 unspecified atom stereocenters. The van der Waals surface area contributed by atoms with Gasteiger partial charge in [0.05, 0.1) is 0 Å². The van der Waals surface area contributed by atoms with Crippen LogP contribution in [0.1, 0.15) is 23.2 Å². The van der Waals surface area contributed by atoms with Crippen LogP contribution >= 0.6 is 11.3 Å². The van der Waals surface area contributed by atoms with Crippen molar-refractivity contribution >= 4 is 17.3 Å². The molecule has 2 heterocycles. The highest BCUT2D eigenvalue weighted by molar-refractivity contribution is 7.09. The zero-order valence-electron chi connectivity index (χ0n) is 16.7. The Morgan fingerprint density at radius 2 is 2.04 bits per heavy atom. The third kappa shape index (κ3) is 5.96. The van der Waals surface area contributed by atoms with Crippen molar-refractivity contribution in [1.82, 2.24) is 19.8 Å². The summed E-state index contributed by atoms with van der Waals surface area (Å²) in [7, 11) is 2.09. The van der Waals surface area contributed by atoms with Crippen molar-refractivity contribution < 1.29 is 0 Å². The third-order valence-corrected chi connectivity index (χ3v) is 5.56. The number of hydrogen-bond donors (Lipinski definition) is 1. The fourth-order valence-electron chi connectivity index (χ4n) is 3.04. The molecule has 1 aromatic carbocycles. The first-order valence-electron chi connectivity index (χ1n) is 9.82. The number of rotatable bonds is 9. The number of aliphatic imine (C=N–C) groups is 1. The predicted octanol–water partition coefficient (Wildman–Crippen LogP) is 3.83. The highest BCUT2D eigenvalue weighted by Gasteiger charge is 2.08. The van der Waals surface area contributed by atoms with Crippen LogP contribution in [0, 0.1) is 0 Å². The van der Waals surface area contributed by atoms with E-state index >= 15 is 0 Å². The van der Waals surface area contributed by atoms with Gasteiger partial charge < -0.3 is 14.8 Å². The first-order chi connectivity index (χ1) is 13.8. The minimum atomic E-state index is 0.577. The molecule has 0 aliphatic heterocycles. The van der Waals surface area contributed by atoms with Gasteiger partial charge in [0.1, 0.15) is 12.4 Å². The minimum absolute atomic E-state index is 0.577. The Kier molecular flexibility index (Phi) is 7.67. The molecular weight excluding hydrogens is 366 g/mol. The van der Waals surface area contributed by atoms with E-state index in [1.165, 1.54) is 10.4 Å². The zero-order chi connectivity index (χ0) is 19.6. The largest absolute Gasteiger partial charge is 0.357 e. The lowest BCUT2D eigenvalue weighted by Crippen LogP contribution is -2.40. The van der Waals surface area contributed by atoms with E-state index in [1.807, 2.05) is 12.4 Å². The summed E-state index contributed by atoms with van der Waals surface area (Å²) >= 11 is 1.81. The topological polar surface area (TPSA) is 45.5 Å². The van der Waals surface area contributed by atoms with Gasteiger partial charge in [0.25, 0.3) is 0 Å². The number of nitrogens with one attached hydrogen (secondary N) is 1. The molecule has 148 valence electrons. The van der Waals surface area contributed by atoms with Crippen LogP contribution < -0.4 is 5.32 Å². The highest BCUT2D eigenvalue weighted by Crippen LogP contribution is 2.10. The van der Waals surface area contributed by atoms with E-state index in [1.54, 1.807) is 11.3 Å². The smallest absolute Gasteiger partial charge is 0.194 e. The average Bonchev–Trinajstić information content (AvgIpc) is 3.40. The van der Waals surface area contributed by atoms with Crippen molar-refractivity contribution in [2.24, 2.45) is 4.99 Å². The normalized spacial score (nSPS) is 11.6. The number of benzene rings is 1. The van der Waals surface area contributed by atoms with Gasteiger partial charge in [-0.25, -0.2) is 9.98 Å². The van der Waals surface area contributed by atoms with E-state index < -0.39 is 0 Å². The van der Waals surface area contributed by atoms with Crippen molar-refractivity contribution in [2.75, 3.05) is 20.1 Å². The molecule has 1 N–H and O–H groups in total. The van der Waals surface area contributed by atoms with Crippen LogP contribution in [0.5, 0.6) is 0 Å². The number of guanidine groups is 1. The molecule has 28 heavy (non-hydrogen) atoms. The lowest BCUT2D eigenvalue weighted by Gasteiger charge is -2.21. The van der Waals surface area contributed by atoms with Gasteiger partial charge >= 0.3 is 0 Å². The Bertz CT molecular complexity index is 839. The average molecular weight is 396 g/mol. The summed E-state index contributed by atoms with van der Waals surface area (Å²) in [5.41, 5.74) is 1.34. The van der Waals surface area contributed by atoms with Crippen LogP contribution in [0.3, 0.4) is 0 Å². The molecular formula is C22H29N5S. The van der Waals surface area contributed by atoms with E-state index in [4.69, 9.17) is 4.99 Å². The van der Waals surface area contributed by atoms with Gasteiger partial charge in [-0.05, 0) is 36.8 Å². The number of nitrogens with zero attached hydrogens (tertiary/aromatic N) is 4. The molecule has 0 spiro atoms. The predicted molar refractivity (Wildman–Crippen MR) is 118 cm³/mol. The van der Waals surface area contributed by atoms with E-state index in [-0.39, 0.29) is 0 Å². The zero-order valence-corrected chi connectivity index (χ0v) is 17.5. The SMILES string of the molecule is CCNC(=NCc1nccn1CCc1ccccc1)N(C)CCc1cccs1. The van der Waals surface area contributed by atoms with Crippen molar-refractivity contribution in [1.29, 1.82) is 0 Å². The summed E-state index contributed by atoms with van der Waals surface area (Å²) in [5, 5.41) is 5.52. The molecule has 0 saturated heterocycles. The lowest BCUT2D eigenvalue weighted by atomic mass is 10.1. The Morgan fingerprint density at radius 3 is 2.79 bits per heavy atom. The van der Waals surface area contributed by atoms with Gasteiger partial charge in [-0.2, -0.15) is 0 Å². The van der Waals surface area contributed by atoms with Crippen LogP contribution in [0.2, 0.25) is 0 Å². The molecule has 5 nitrogen and oxygen atoms in total. The Labute approximate surface area is 171 Å². The van der Waals surface area contributed by atoms with Gasteiger partial charge in [0, 0.05) is 44.0 Å². The molecule has 3 aromatic rings. The summed E-state index contributed by atoms with van der Waals surface area (Å²) in [4.78, 5) is 12.9. The molecule has 0 atom stereocenters. The summed E-state index contributed by atoms with van der Waals surface area (Å²) in [6.07, 6.45) is 5.93. The summed E-state index contributed by atoms with van der Waals surface area (Å²) in [6, 6.07) is 14.9. The summed E-state index contributed by atoms with van der Waals surface area (Å²) < 4.78 is 2.20. The fraction of sp³-hybridized carbons (Fsp3) is 0.364. The molecule has 3 rings (SSSR count). The standard InChI is InChI=1S/C22H29N5S/c1-3-23-22(26(2)14-12-20-10-7-17-28-20)25-18-21-24-13-16-27(21)15-11-19-8-5-4-6-9-19/h4-10,13,16-17H,3,11-12,14-15,18H2,1-2H3,(H,23,25). The monoisotopic (exact) mass is 395 g/mol. The molecule has 6 heteroatoms. The van der Waals surface area contributed by atoms with Crippen molar-refractivity contribution in [3.8, 4) is 0 Å². The summed E-state index contributed by atoms with van der Waals surface area (Å²) in [6.45, 7) is 5.38. The van der Waals surface area contributed by atoms with Crippen LogP contribution in [-0.4, -0.2) is 40.5 Å². The van der Waals surface area contributed by atoms with E-state index in [0.29, 0.717) is 6.54 Å². The van der Waals surface area contributed by atoms with Gasteiger partial charge in [0.15, 0.2) is 5.96 Å². The van der Waals surface area contributed by atoms with Crippen LogP contribution in [0.4, 0.5) is 0 Å². The first kappa shape index (κ1) is 20.1. The quantitative estimate of drug-likeness (QED) is 0.442. The van der Waals surface area contributed by atoms with Crippen molar-refractivity contribution in [2.45, 2.75) is 32.9 Å². The van der Waals surface area contributed by atoms with E-state index in [0.717, 1.165) is 44.3 Å². The molecule has 0 aliphatic carbocycles. The number of thiophene rings is 1. The van der Waals surface area contributed by atoms with Gasteiger partial charge in [0.2, 0.25) is 0 Å². The second-order valence-corrected chi connectivity index (χ2v) is 7.73. The maximum Gasteiger partial charge on any atom is 0.194 e. The Hall–Kier alpha value is -2.60. The minimum Gasteiger partial charge on any atom is -0.357 e. The van der Waals surface area contributed by atoms with E-state index in [2.05, 4.69) is 81.6 Å². The van der Waals surface area contributed by atoms with Gasteiger partial charge in [-0.15, -0.1) is 11.3 Å². The molecule has 0 fully saturated rings. The van der Waals surface area contributed by atoms with Gasteiger partial charge in [-0.1, -0.05) is 36.4 Å². The number of likely N-dealkylation sites (N-methyl/N-ethyl adjacent to an activating group) is 1. The maximum absolute atomic E-state index is 4.82. The van der Waals surface area contributed by atoms with Crippen LogP contribution in [0.25, 0.3) is 0 Å². The fourth-order valence-corrected chi connectivity index (χ4v) is 3.74. The van der Waals surface area contributed by atoms with Crippen molar-refractivity contribution in [3.63, 3.8) is 0 Å². The Balaban J connectivity index is 1.58. The van der Waals surface area contributed by atoms with E-state index in [9.17, 15) is 0 Å². The second kappa shape index (κ2) is 10.7. The molecule has 2 aromatic heterocycles.